The van der Waals surface area contributed by atoms with Crippen LogP contribution in [0.1, 0.15) is 66.6 Å². The summed E-state index contributed by atoms with van der Waals surface area (Å²) in [5.74, 6) is 0.584. The molecule has 0 fully saturated rings. The van der Waals surface area contributed by atoms with Gasteiger partial charge in [0.1, 0.15) is 5.75 Å². The number of ether oxygens (including phenoxy) is 1. The number of rotatable bonds is 5. The molecule has 3 nitrogen and oxygen atoms in total. The van der Waals surface area contributed by atoms with Crippen molar-refractivity contribution in [3.05, 3.63) is 56.6 Å². The van der Waals surface area contributed by atoms with Gasteiger partial charge in [-0.2, -0.15) is 0 Å². The highest BCUT2D eigenvalue weighted by molar-refractivity contribution is 6.38. The zero-order chi connectivity index (χ0) is 18.9. The third kappa shape index (κ3) is 3.94. The third-order valence-electron chi connectivity index (χ3n) is 4.14. The lowest BCUT2D eigenvalue weighted by Gasteiger charge is -2.17. The van der Waals surface area contributed by atoms with E-state index in [-0.39, 0.29) is 33.4 Å². The third-order valence-corrected chi connectivity index (χ3v) is 4.70. The molecule has 0 aliphatic carbocycles. The molecule has 0 amide bonds. The number of halogens is 2. The zero-order valence-corrected chi connectivity index (χ0v) is 16.5. The van der Waals surface area contributed by atoms with Gasteiger partial charge in [0, 0.05) is 11.1 Å². The first-order chi connectivity index (χ1) is 11.7. The first-order valence-corrected chi connectivity index (χ1v) is 8.87. The fourth-order valence-electron chi connectivity index (χ4n) is 2.74. The predicted octanol–water partition coefficient (Wildman–Crippen LogP) is 6.19. The number of hydrogen-bond acceptors (Lipinski definition) is 3. The fraction of sp³-hybridized carbons (Fsp3) is 0.350. The van der Waals surface area contributed by atoms with Gasteiger partial charge in [0.05, 0.1) is 17.2 Å². The Morgan fingerprint density at radius 3 is 1.68 bits per heavy atom. The minimum Gasteiger partial charge on any atom is -0.507 e. The van der Waals surface area contributed by atoms with Crippen molar-refractivity contribution in [3.63, 3.8) is 0 Å². The van der Waals surface area contributed by atoms with Gasteiger partial charge in [-0.1, -0.05) is 50.9 Å². The maximum Gasteiger partial charge on any atom is 0.193 e. The number of carbonyl (C=O) groups excluding carboxylic acids is 1. The van der Waals surface area contributed by atoms with E-state index in [9.17, 15) is 9.90 Å². The quantitative estimate of drug-likeness (QED) is 0.629. The van der Waals surface area contributed by atoms with Crippen molar-refractivity contribution in [2.45, 2.75) is 39.5 Å². The van der Waals surface area contributed by atoms with Gasteiger partial charge in [0.25, 0.3) is 0 Å². The summed E-state index contributed by atoms with van der Waals surface area (Å²) in [7, 11) is 1.47. The standard InChI is InChI=1S/C20H22Cl2O3/c1-10(2)14-6-12(7-15(11(3)4)19(14)24)18(23)13-8-16(21)20(25-5)17(22)9-13/h6-11,24H,1-5H3. The van der Waals surface area contributed by atoms with E-state index in [4.69, 9.17) is 27.9 Å². The molecule has 2 aromatic rings. The van der Waals surface area contributed by atoms with Gasteiger partial charge < -0.3 is 9.84 Å². The van der Waals surface area contributed by atoms with Crippen molar-refractivity contribution in [1.29, 1.82) is 0 Å². The van der Waals surface area contributed by atoms with Crippen LogP contribution in [0.5, 0.6) is 11.5 Å². The Bertz CT molecular complexity index is 759. The summed E-state index contributed by atoms with van der Waals surface area (Å²) in [6.07, 6.45) is 0. The molecule has 0 saturated heterocycles. The second-order valence-corrected chi connectivity index (χ2v) is 7.43. The first-order valence-electron chi connectivity index (χ1n) is 8.11. The Morgan fingerprint density at radius 2 is 1.32 bits per heavy atom. The van der Waals surface area contributed by atoms with Gasteiger partial charge >= 0.3 is 0 Å². The van der Waals surface area contributed by atoms with E-state index in [1.54, 1.807) is 24.3 Å². The lowest BCUT2D eigenvalue weighted by molar-refractivity contribution is 0.103. The van der Waals surface area contributed by atoms with Gasteiger partial charge in [-0.3, -0.25) is 4.79 Å². The van der Waals surface area contributed by atoms with E-state index >= 15 is 0 Å². The van der Waals surface area contributed by atoms with Gasteiger partial charge in [0.15, 0.2) is 11.5 Å². The first kappa shape index (κ1) is 19.6. The van der Waals surface area contributed by atoms with Crippen LogP contribution < -0.4 is 4.74 Å². The SMILES string of the molecule is COc1c(Cl)cc(C(=O)c2cc(C(C)C)c(O)c(C(C)C)c2)cc1Cl. The number of aromatic hydroxyl groups is 1. The number of carbonyl (C=O) groups is 1. The lowest BCUT2D eigenvalue weighted by atomic mass is 9.89. The van der Waals surface area contributed by atoms with Crippen molar-refractivity contribution in [3.8, 4) is 11.5 Å². The van der Waals surface area contributed by atoms with Crippen LogP contribution in [-0.2, 0) is 0 Å². The Hall–Kier alpha value is -1.71. The van der Waals surface area contributed by atoms with Crippen LogP contribution in [0.25, 0.3) is 0 Å². The molecule has 0 spiro atoms. The smallest absolute Gasteiger partial charge is 0.193 e. The Balaban J connectivity index is 2.60. The summed E-state index contributed by atoms with van der Waals surface area (Å²) >= 11 is 12.3. The van der Waals surface area contributed by atoms with Crippen molar-refractivity contribution in [1.82, 2.24) is 0 Å². The molecule has 2 rings (SSSR count). The monoisotopic (exact) mass is 380 g/mol. The summed E-state index contributed by atoms with van der Waals surface area (Å²) in [4.78, 5) is 13.0. The number of hydrogen-bond donors (Lipinski definition) is 1. The van der Waals surface area contributed by atoms with Crippen molar-refractivity contribution < 1.29 is 14.6 Å². The van der Waals surface area contributed by atoms with Crippen molar-refractivity contribution >= 4 is 29.0 Å². The molecule has 0 bridgehead atoms. The maximum absolute atomic E-state index is 13.0. The molecule has 0 atom stereocenters. The molecule has 0 unspecified atom stereocenters. The number of phenolic OH excluding ortho intramolecular Hbond substituents is 1. The molecule has 0 heterocycles. The summed E-state index contributed by atoms with van der Waals surface area (Å²) in [5, 5.41) is 11.1. The van der Waals surface area contributed by atoms with Gasteiger partial charge in [0.2, 0.25) is 0 Å². The molecule has 0 radical (unpaired) electrons. The molecule has 134 valence electrons. The summed E-state index contributed by atoms with van der Waals surface area (Å²) in [6.45, 7) is 7.92. The van der Waals surface area contributed by atoms with E-state index in [1.807, 2.05) is 27.7 Å². The molecular formula is C20H22Cl2O3. The normalized spacial score (nSPS) is 11.2. The summed E-state index contributed by atoms with van der Waals surface area (Å²) in [6, 6.07) is 6.57. The van der Waals surface area contributed by atoms with E-state index in [0.717, 1.165) is 11.1 Å². The fourth-order valence-corrected chi connectivity index (χ4v) is 3.39. The maximum atomic E-state index is 13.0. The molecule has 25 heavy (non-hydrogen) atoms. The topological polar surface area (TPSA) is 46.5 Å². The molecule has 5 heteroatoms. The van der Waals surface area contributed by atoms with Crippen LogP contribution in [0.2, 0.25) is 10.0 Å². The highest BCUT2D eigenvalue weighted by Crippen LogP contribution is 2.37. The second kappa shape index (κ2) is 7.67. The highest BCUT2D eigenvalue weighted by atomic mass is 35.5. The predicted molar refractivity (Wildman–Crippen MR) is 103 cm³/mol. The van der Waals surface area contributed by atoms with Crippen LogP contribution in [0, 0.1) is 0 Å². The number of ketones is 1. The molecule has 0 aliphatic heterocycles. The second-order valence-electron chi connectivity index (χ2n) is 6.61. The van der Waals surface area contributed by atoms with Crippen LogP contribution in [0.15, 0.2) is 24.3 Å². The van der Waals surface area contributed by atoms with Gasteiger partial charge in [-0.05, 0) is 47.2 Å². The van der Waals surface area contributed by atoms with Crippen molar-refractivity contribution in [2.75, 3.05) is 7.11 Å². The average Bonchev–Trinajstić information content (AvgIpc) is 2.53. The molecule has 0 aliphatic rings. The number of benzene rings is 2. The van der Waals surface area contributed by atoms with E-state index in [2.05, 4.69) is 0 Å². The number of methoxy groups -OCH3 is 1. The minimum atomic E-state index is -0.199. The molecular weight excluding hydrogens is 359 g/mol. The lowest BCUT2D eigenvalue weighted by Crippen LogP contribution is -2.06. The van der Waals surface area contributed by atoms with Crippen LogP contribution in [-0.4, -0.2) is 18.0 Å². The Morgan fingerprint density at radius 1 is 0.920 bits per heavy atom. The van der Waals surface area contributed by atoms with E-state index in [0.29, 0.717) is 16.9 Å². The Labute approximate surface area is 158 Å². The van der Waals surface area contributed by atoms with Crippen LogP contribution in [0.3, 0.4) is 0 Å². The van der Waals surface area contributed by atoms with Crippen LogP contribution in [0.4, 0.5) is 0 Å². The average molecular weight is 381 g/mol. The van der Waals surface area contributed by atoms with Gasteiger partial charge in [-0.25, -0.2) is 0 Å². The zero-order valence-electron chi connectivity index (χ0n) is 15.0. The van der Waals surface area contributed by atoms with Crippen molar-refractivity contribution in [2.24, 2.45) is 0 Å². The molecule has 2 aromatic carbocycles. The molecule has 0 saturated carbocycles. The molecule has 1 N–H and O–H groups in total. The highest BCUT2D eigenvalue weighted by Gasteiger charge is 2.20. The largest absolute Gasteiger partial charge is 0.507 e. The summed E-state index contributed by atoms with van der Waals surface area (Å²) < 4.78 is 5.12. The number of phenols is 1. The van der Waals surface area contributed by atoms with Crippen LogP contribution >= 0.6 is 23.2 Å². The van der Waals surface area contributed by atoms with E-state index < -0.39 is 0 Å². The minimum absolute atomic E-state index is 0.0910. The van der Waals surface area contributed by atoms with E-state index in [1.165, 1.54) is 7.11 Å². The summed E-state index contributed by atoms with van der Waals surface area (Å²) in [5.41, 5.74) is 2.38. The molecule has 0 aromatic heterocycles. The van der Waals surface area contributed by atoms with Gasteiger partial charge in [-0.15, -0.1) is 0 Å². The Kier molecular flexibility index (Phi) is 6.02.